The van der Waals surface area contributed by atoms with E-state index in [4.69, 9.17) is 4.74 Å². The van der Waals surface area contributed by atoms with Crippen LogP contribution in [0.2, 0.25) is 0 Å². The van der Waals surface area contributed by atoms with Crippen LogP contribution < -0.4 is 5.32 Å². The molecular formula is C16H17NO2. The van der Waals surface area contributed by atoms with Crippen LogP contribution in [0.25, 0.3) is 0 Å². The van der Waals surface area contributed by atoms with Crippen molar-refractivity contribution in [1.29, 1.82) is 0 Å². The minimum atomic E-state index is -0.618. The SMILES string of the molecule is Oc1ccccc1C1(Cc2ccccc2)NCCO1. The van der Waals surface area contributed by atoms with Gasteiger partial charge in [0.2, 0.25) is 0 Å². The first kappa shape index (κ1) is 12.2. The van der Waals surface area contributed by atoms with E-state index in [0.717, 1.165) is 12.1 Å². The number of phenols is 1. The Labute approximate surface area is 112 Å². The fourth-order valence-corrected chi connectivity index (χ4v) is 2.61. The van der Waals surface area contributed by atoms with Crippen LogP contribution in [0.3, 0.4) is 0 Å². The first-order valence-electron chi connectivity index (χ1n) is 6.52. The highest BCUT2D eigenvalue weighted by molar-refractivity contribution is 5.38. The minimum absolute atomic E-state index is 0.271. The van der Waals surface area contributed by atoms with Crippen LogP contribution in [0.4, 0.5) is 0 Å². The lowest BCUT2D eigenvalue weighted by Crippen LogP contribution is -2.40. The normalized spacial score (nSPS) is 22.5. The molecule has 2 aromatic rings. The monoisotopic (exact) mass is 255 g/mol. The zero-order valence-electron chi connectivity index (χ0n) is 10.7. The Kier molecular flexibility index (Phi) is 3.23. The summed E-state index contributed by atoms with van der Waals surface area (Å²) < 4.78 is 5.94. The summed E-state index contributed by atoms with van der Waals surface area (Å²) in [5, 5.41) is 13.5. The highest BCUT2D eigenvalue weighted by Crippen LogP contribution is 2.35. The van der Waals surface area contributed by atoms with Crippen LogP contribution in [-0.2, 0) is 16.9 Å². The third-order valence-corrected chi connectivity index (χ3v) is 3.50. The van der Waals surface area contributed by atoms with Crippen molar-refractivity contribution in [2.75, 3.05) is 13.2 Å². The number of phenolic OH excluding ortho intramolecular Hbond substituents is 1. The Morgan fingerprint density at radius 2 is 1.79 bits per heavy atom. The van der Waals surface area contributed by atoms with Crippen molar-refractivity contribution in [3.05, 3.63) is 65.7 Å². The second-order valence-electron chi connectivity index (χ2n) is 4.78. The Balaban J connectivity index is 1.98. The van der Waals surface area contributed by atoms with Crippen molar-refractivity contribution < 1.29 is 9.84 Å². The maximum atomic E-state index is 10.1. The molecular weight excluding hydrogens is 238 g/mol. The van der Waals surface area contributed by atoms with E-state index < -0.39 is 5.72 Å². The predicted molar refractivity (Wildman–Crippen MR) is 73.9 cm³/mol. The molecule has 0 saturated carbocycles. The van der Waals surface area contributed by atoms with Gasteiger partial charge >= 0.3 is 0 Å². The molecule has 1 heterocycles. The number of rotatable bonds is 3. The smallest absolute Gasteiger partial charge is 0.153 e. The molecule has 0 spiro atoms. The molecule has 3 heteroatoms. The van der Waals surface area contributed by atoms with Gasteiger partial charge in [-0.15, -0.1) is 0 Å². The average molecular weight is 255 g/mol. The lowest BCUT2D eigenvalue weighted by atomic mass is 9.94. The molecule has 0 radical (unpaired) electrons. The van der Waals surface area contributed by atoms with E-state index in [1.165, 1.54) is 5.56 Å². The largest absolute Gasteiger partial charge is 0.508 e. The molecule has 0 aromatic heterocycles. The molecule has 2 N–H and O–H groups in total. The number of hydrogen-bond donors (Lipinski definition) is 2. The third-order valence-electron chi connectivity index (χ3n) is 3.50. The standard InChI is InChI=1S/C16H17NO2/c18-15-9-5-4-8-14(15)16(17-10-11-19-16)12-13-6-2-1-3-7-13/h1-9,17-18H,10-12H2. The Bertz CT molecular complexity index is 548. The van der Waals surface area contributed by atoms with Gasteiger partial charge in [0.05, 0.1) is 6.61 Å². The summed E-state index contributed by atoms with van der Waals surface area (Å²) in [7, 11) is 0. The molecule has 3 rings (SSSR count). The highest BCUT2D eigenvalue weighted by atomic mass is 16.5. The molecule has 1 saturated heterocycles. The van der Waals surface area contributed by atoms with Crippen molar-refractivity contribution in [2.45, 2.75) is 12.1 Å². The van der Waals surface area contributed by atoms with Crippen molar-refractivity contribution in [1.82, 2.24) is 5.32 Å². The van der Waals surface area contributed by atoms with E-state index in [1.807, 2.05) is 36.4 Å². The second-order valence-corrected chi connectivity index (χ2v) is 4.78. The van der Waals surface area contributed by atoms with Crippen molar-refractivity contribution in [3.8, 4) is 5.75 Å². The van der Waals surface area contributed by atoms with E-state index in [-0.39, 0.29) is 5.75 Å². The molecule has 1 aliphatic rings. The van der Waals surface area contributed by atoms with Gasteiger partial charge in [0, 0.05) is 18.5 Å². The molecule has 3 nitrogen and oxygen atoms in total. The van der Waals surface area contributed by atoms with Gasteiger partial charge in [0.1, 0.15) is 5.75 Å². The van der Waals surface area contributed by atoms with E-state index in [2.05, 4.69) is 17.4 Å². The number of ether oxygens (including phenoxy) is 1. The number of hydrogen-bond acceptors (Lipinski definition) is 3. The van der Waals surface area contributed by atoms with Crippen LogP contribution in [-0.4, -0.2) is 18.3 Å². The predicted octanol–water partition coefficient (Wildman–Crippen LogP) is 2.41. The molecule has 19 heavy (non-hydrogen) atoms. The van der Waals surface area contributed by atoms with Gasteiger partial charge in [0.15, 0.2) is 5.72 Å². The van der Waals surface area contributed by atoms with Crippen LogP contribution >= 0.6 is 0 Å². The van der Waals surface area contributed by atoms with Gasteiger partial charge < -0.3 is 9.84 Å². The van der Waals surface area contributed by atoms with Gasteiger partial charge in [-0.05, 0) is 11.6 Å². The van der Waals surface area contributed by atoms with Crippen LogP contribution in [0.15, 0.2) is 54.6 Å². The first-order chi connectivity index (χ1) is 9.30. The lowest BCUT2D eigenvalue weighted by molar-refractivity contribution is -0.0160. The molecule has 1 fully saturated rings. The van der Waals surface area contributed by atoms with E-state index >= 15 is 0 Å². The highest BCUT2D eigenvalue weighted by Gasteiger charge is 2.38. The zero-order valence-corrected chi connectivity index (χ0v) is 10.7. The number of aromatic hydroxyl groups is 1. The Hall–Kier alpha value is -1.84. The zero-order chi connectivity index (χ0) is 13.1. The van der Waals surface area contributed by atoms with Gasteiger partial charge in [0.25, 0.3) is 0 Å². The molecule has 0 aliphatic carbocycles. The summed E-state index contributed by atoms with van der Waals surface area (Å²) in [6.07, 6.45) is 0.700. The minimum Gasteiger partial charge on any atom is -0.508 e. The Morgan fingerprint density at radius 1 is 1.05 bits per heavy atom. The van der Waals surface area contributed by atoms with Crippen molar-refractivity contribution in [3.63, 3.8) is 0 Å². The summed E-state index contributed by atoms with van der Waals surface area (Å²) in [5.74, 6) is 0.271. The van der Waals surface area contributed by atoms with Crippen molar-refractivity contribution in [2.24, 2.45) is 0 Å². The summed E-state index contributed by atoms with van der Waals surface area (Å²) in [6, 6.07) is 17.5. The topological polar surface area (TPSA) is 41.5 Å². The quantitative estimate of drug-likeness (QED) is 0.885. The molecule has 2 aromatic carbocycles. The van der Waals surface area contributed by atoms with Crippen LogP contribution in [0.1, 0.15) is 11.1 Å². The van der Waals surface area contributed by atoms with E-state index in [1.54, 1.807) is 6.07 Å². The van der Waals surface area contributed by atoms with Gasteiger partial charge in [-0.1, -0.05) is 48.5 Å². The van der Waals surface area contributed by atoms with Crippen molar-refractivity contribution >= 4 is 0 Å². The van der Waals surface area contributed by atoms with E-state index in [9.17, 15) is 5.11 Å². The molecule has 0 amide bonds. The number of para-hydroxylation sites is 1. The fraction of sp³-hybridized carbons (Fsp3) is 0.250. The molecule has 1 aliphatic heterocycles. The van der Waals surface area contributed by atoms with Gasteiger partial charge in [-0.25, -0.2) is 0 Å². The maximum Gasteiger partial charge on any atom is 0.153 e. The molecule has 1 unspecified atom stereocenters. The average Bonchev–Trinajstić information content (AvgIpc) is 2.90. The van der Waals surface area contributed by atoms with Gasteiger partial charge in [-0.2, -0.15) is 0 Å². The Morgan fingerprint density at radius 3 is 2.47 bits per heavy atom. The summed E-state index contributed by atoms with van der Waals surface area (Å²) in [4.78, 5) is 0. The molecule has 0 bridgehead atoms. The number of benzene rings is 2. The second kappa shape index (κ2) is 5.03. The number of nitrogens with one attached hydrogen (secondary N) is 1. The van der Waals surface area contributed by atoms with Crippen LogP contribution in [0, 0.1) is 0 Å². The van der Waals surface area contributed by atoms with E-state index in [0.29, 0.717) is 13.0 Å². The van der Waals surface area contributed by atoms with Crippen LogP contribution in [0.5, 0.6) is 5.75 Å². The fourth-order valence-electron chi connectivity index (χ4n) is 2.61. The van der Waals surface area contributed by atoms with Gasteiger partial charge in [-0.3, -0.25) is 5.32 Å². The maximum absolute atomic E-state index is 10.1. The lowest BCUT2D eigenvalue weighted by Gasteiger charge is -2.30. The molecule has 1 atom stereocenters. The molecule has 98 valence electrons. The summed E-state index contributed by atoms with van der Waals surface area (Å²) >= 11 is 0. The summed E-state index contributed by atoms with van der Waals surface area (Å²) in [5.41, 5.74) is 1.36. The first-order valence-corrected chi connectivity index (χ1v) is 6.52. The summed E-state index contributed by atoms with van der Waals surface area (Å²) in [6.45, 7) is 1.45. The third kappa shape index (κ3) is 2.35.